The maximum Gasteiger partial charge on any atom is 0.115 e. The van der Waals surface area contributed by atoms with Crippen LogP contribution < -0.4 is 0 Å². The summed E-state index contributed by atoms with van der Waals surface area (Å²) in [4.78, 5) is 6.07. The second kappa shape index (κ2) is 7.47. The lowest BCUT2D eigenvalue weighted by molar-refractivity contribution is -0.105. The van der Waals surface area contributed by atoms with Crippen molar-refractivity contribution >= 4 is 10.9 Å². The molecular weight excluding hydrogens is 408 g/mol. The summed E-state index contributed by atoms with van der Waals surface area (Å²) in [5.41, 5.74) is 5.80. The number of aliphatic hydroxyl groups is 1. The van der Waals surface area contributed by atoms with E-state index in [1.54, 1.807) is 6.07 Å². The SMILES string of the molecule is Cc1cccc2[nH]c3c(c12)CC1(O)CN(Cc2ccccc2)CCC1(c1cccc(O)c1)C3. The molecule has 2 heterocycles. The van der Waals surface area contributed by atoms with Crippen molar-refractivity contribution in [2.24, 2.45) is 0 Å². The lowest BCUT2D eigenvalue weighted by Crippen LogP contribution is -2.66. The van der Waals surface area contributed by atoms with Gasteiger partial charge >= 0.3 is 0 Å². The molecule has 0 spiro atoms. The third kappa shape index (κ3) is 3.20. The highest BCUT2D eigenvalue weighted by Crippen LogP contribution is 2.52. The molecule has 33 heavy (non-hydrogen) atoms. The minimum Gasteiger partial charge on any atom is -0.508 e. The van der Waals surface area contributed by atoms with Crippen LogP contribution in [0.4, 0.5) is 0 Å². The van der Waals surface area contributed by atoms with E-state index in [9.17, 15) is 10.2 Å². The van der Waals surface area contributed by atoms with Gasteiger partial charge in [-0.2, -0.15) is 0 Å². The molecule has 168 valence electrons. The first-order valence-electron chi connectivity index (χ1n) is 11.8. The van der Waals surface area contributed by atoms with Crippen LogP contribution in [-0.2, 0) is 24.8 Å². The van der Waals surface area contributed by atoms with E-state index in [0.717, 1.165) is 37.0 Å². The Morgan fingerprint density at radius 1 is 0.970 bits per heavy atom. The van der Waals surface area contributed by atoms with Crippen LogP contribution in [0.2, 0.25) is 0 Å². The molecule has 1 aromatic heterocycles. The van der Waals surface area contributed by atoms with Gasteiger partial charge in [-0.25, -0.2) is 0 Å². The number of hydrogen-bond donors (Lipinski definition) is 3. The van der Waals surface area contributed by atoms with Crippen LogP contribution >= 0.6 is 0 Å². The molecule has 1 aliphatic heterocycles. The summed E-state index contributed by atoms with van der Waals surface area (Å²) in [5, 5.41) is 24.1. The molecule has 0 radical (unpaired) electrons. The number of fused-ring (bicyclic) bond motifs is 4. The van der Waals surface area contributed by atoms with Crippen molar-refractivity contribution in [2.45, 2.75) is 43.7 Å². The molecule has 2 aliphatic rings. The normalized spacial score (nSPS) is 25.0. The molecule has 1 fully saturated rings. The fraction of sp³-hybridized carbons (Fsp3) is 0.310. The number of nitrogens with one attached hydrogen (secondary N) is 1. The highest BCUT2D eigenvalue weighted by atomic mass is 16.3. The Bertz CT molecular complexity index is 1330. The van der Waals surface area contributed by atoms with Crippen molar-refractivity contribution in [3.63, 3.8) is 0 Å². The third-order valence-corrected chi connectivity index (χ3v) is 8.05. The number of piperidine rings is 1. The molecule has 3 N–H and O–H groups in total. The van der Waals surface area contributed by atoms with E-state index >= 15 is 0 Å². The summed E-state index contributed by atoms with van der Waals surface area (Å²) in [5.74, 6) is 0.259. The Hall–Kier alpha value is -3.08. The van der Waals surface area contributed by atoms with Gasteiger partial charge in [0.05, 0.1) is 5.60 Å². The number of nitrogens with zero attached hydrogens (tertiary/aromatic N) is 1. The number of rotatable bonds is 3. The highest BCUT2D eigenvalue weighted by Gasteiger charge is 2.57. The average molecular weight is 439 g/mol. The topological polar surface area (TPSA) is 59.5 Å². The van der Waals surface area contributed by atoms with E-state index in [2.05, 4.69) is 65.3 Å². The maximum absolute atomic E-state index is 12.5. The van der Waals surface area contributed by atoms with Gasteiger partial charge in [0.2, 0.25) is 0 Å². The molecule has 3 aromatic carbocycles. The molecule has 2 atom stereocenters. The minimum absolute atomic E-state index is 0.259. The Balaban J connectivity index is 1.47. The smallest absolute Gasteiger partial charge is 0.115 e. The van der Waals surface area contributed by atoms with Gasteiger partial charge in [-0.3, -0.25) is 4.90 Å². The number of phenols is 1. The van der Waals surface area contributed by atoms with Crippen molar-refractivity contribution in [3.8, 4) is 5.75 Å². The lowest BCUT2D eigenvalue weighted by Gasteiger charge is -2.56. The van der Waals surface area contributed by atoms with E-state index in [1.807, 2.05) is 18.2 Å². The predicted octanol–water partition coefficient (Wildman–Crippen LogP) is 4.86. The minimum atomic E-state index is -0.932. The zero-order chi connectivity index (χ0) is 22.6. The van der Waals surface area contributed by atoms with Crippen LogP contribution in [0.25, 0.3) is 10.9 Å². The first-order valence-corrected chi connectivity index (χ1v) is 11.8. The fourth-order valence-corrected chi connectivity index (χ4v) is 6.46. The second-order valence-electron chi connectivity index (χ2n) is 10.0. The van der Waals surface area contributed by atoms with Gasteiger partial charge < -0.3 is 15.2 Å². The van der Waals surface area contributed by atoms with Crippen LogP contribution in [0, 0.1) is 6.92 Å². The number of H-pyrrole nitrogens is 1. The number of aromatic amines is 1. The quantitative estimate of drug-likeness (QED) is 0.428. The Morgan fingerprint density at radius 3 is 2.61 bits per heavy atom. The summed E-state index contributed by atoms with van der Waals surface area (Å²) in [6, 6.07) is 24.4. The average Bonchev–Trinajstić information content (AvgIpc) is 3.15. The molecule has 1 aliphatic carbocycles. The van der Waals surface area contributed by atoms with Gasteiger partial charge in [0, 0.05) is 47.9 Å². The van der Waals surface area contributed by atoms with E-state index in [1.165, 1.54) is 27.8 Å². The standard InChI is InChI=1S/C29H30N2O2/c1-20-7-5-12-25-27(20)24-16-29(33)19-31(18-21-8-3-2-4-9-21)14-13-28(29,17-26(24)30-25)22-10-6-11-23(32)15-22/h2-12,15,30,32-33H,13-14,16-19H2,1H3. The van der Waals surface area contributed by atoms with E-state index in [-0.39, 0.29) is 5.75 Å². The summed E-state index contributed by atoms with van der Waals surface area (Å²) >= 11 is 0. The number of β-amino-alcohol motifs (C(OH)–C–C–N with tert-alkyl or cyclic N) is 1. The molecule has 1 saturated heterocycles. The number of aryl methyl sites for hydroxylation is 1. The van der Waals surface area contributed by atoms with Gasteiger partial charge in [-0.15, -0.1) is 0 Å². The van der Waals surface area contributed by atoms with Crippen molar-refractivity contribution in [3.05, 3.63) is 101 Å². The summed E-state index contributed by atoms with van der Waals surface area (Å²) in [6.07, 6.45) is 2.19. The molecule has 4 heteroatoms. The Labute approximate surface area is 194 Å². The van der Waals surface area contributed by atoms with E-state index in [0.29, 0.717) is 13.0 Å². The van der Waals surface area contributed by atoms with E-state index < -0.39 is 11.0 Å². The van der Waals surface area contributed by atoms with Crippen LogP contribution in [-0.4, -0.2) is 38.8 Å². The largest absolute Gasteiger partial charge is 0.508 e. The zero-order valence-electron chi connectivity index (χ0n) is 19.0. The monoisotopic (exact) mass is 438 g/mol. The number of hydrogen-bond acceptors (Lipinski definition) is 3. The molecule has 4 nitrogen and oxygen atoms in total. The number of aromatic nitrogens is 1. The molecule has 4 aromatic rings. The zero-order valence-corrected chi connectivity index (χ0v) is 19.0. The van der Waals surface area contributed by atoms with Gasteiger partial charge in [-0.05, 0) is 60.3 Å². The van der Waals surface area contributed by atoms with Crippen LogP contribution in [0.1, 0.15) is 34.4 Å². The maximum atomic E-state index is 12.5. The molecule has 2 unspecified atom stereocenters. The first kappa shape index (κ1) is 20.5. The van der Waals surface area contributed by atoms with E-state index in [4.69, 9.17) is 0 Å². The highest BCUT2D eigenvalue weighted by molar-refractivity contribution is 5.88. The Morgan fingerprint density at radius 2 is 1.79 bits per heavy atom. The second-order valence-corrected chi connectivity index (χ2v) is 10.0. The van der Waals surface area contributed by atoms with Gasteiger partial charge in [-0.1, -0.05) is 54.6 Å². The predicted molar refractivity (Wildman–Crippen MR) is 132 cm³/mol. The number of benzene rings is 3. The fourth-order valence-electron chi connectivity index (χ4n) is 6.46. The lowest BCUT2D eigenvalue weighted by atomic mass is 9.56. The van der Waals surface area contributed by atoms with Crippen LogP contribution in [0.5, 0.6) is 5.75 Å². The molecular formula is C29H30N2O2. The summed E-state index contributed by atoms with van der Waals surface area (Å²) in [6.45, 7) is 4.50. The molecule has 0 saturated carbocycles. The number of phenolic OH excluding ortho intramolecular Hbond substituents is 1. The van der Waals surface area contributed by atoms with Gasteiger partial charge in [0.1, 0.15) is 5.75 Å². The van der Waals surface area contributed by atoms with Gasteiger partial charge in [0.15, 0.2) is 0 Å². The number of likely N-dealkylation sites (tertiary alicyclic amines) is 1. The summed E-state index contributed by atoms with van der Waals surface area (Å²) < 4.78 is 0. The Kier molecular flexibility index (Phi) is 4.65. The summed E-state index contributed by atoms with van der Waals surface area (Å²) in [7, 11) is 0. The van der Waals surface area contributed by atoms with Crippen LogP contribution in [0.15, 0.2) is 72.8 Å². The molecule has 0 bridgehead atoms. The third-order valence-electron chi connectivity index (χ3n) is 8.05. The van der Waals surface area contributed by atoms with Crippen molar-refractivity contribution in [1.82, 2.24) is 9.88 Å². The van der Waals surface area contributed by atoms with Gasteiger partial charge in [0.25, 0.3) is 0 Å². The van der Waals surface area contributed by atoms with Crippen molar-refractivity contribution in [1.29, 1.82) is 0 Å². The van der Waals surface area contributed by atoms with Crippen LogP contribution in [0.3, 0.4) is 0 Å². The first-order chi connectivity index (χ1) is 16.0. The molecule has 0 amide bonds. The number of aromatic hydroxyl groups is 1. The van der Waals surface area contributed by atoms with Crippen molar-refractivity contribution in [2.75, 3.05) is 13.1 Å². The van der Waals surface area contributed by atoms with Crippen molar-refractivity contribution < 1.29 is 10.2 Å². The molecule has 6 rings (SSSR count).